The van der Waals surface area contributed by atoms with Gasteiger partial charge in [0, 0.05) is 24.5 Å². The average Bonchev–Trinajstić information content (AvgIpc) is 3.22. The number of carbonyl (C=O) groups is 1. The summed E-state index contributed by atoms with van der Waals surface area (Å²) in [5, 5.41) is 11.6. The number of likely N-dealkylation sites (tertiary alicyclic amines) is 1. The average molecular weight is 498 g/mol. The van der Waals surface area contributed by atoms with Crippen molar-refractivity contribution in [3.63, 3.8) is 0 Å². The van der Waals surface area contributed by atoms with Crippen LogP contribution in [0.2, 0.25) is 5.02 Å². The third-order valence-corrected chi connectivity index (χ3v) is 7.97. The minimum atomic E-state index is -4.06. The van der Waals surface area contributed by atoms with Gasteiger partial charge in [-0.05, 0) is 60.8 Å². The Morgan fingerprint density at radius 2 is 1.97 bits per heavy atom. The maximum atomic E-state index is 13.3. The molecule has 0 bridgehead atoms. The first-order chi connectivity index (χ1) is 15.5. The van der Waals surface area contributed by atoms with Crippen LogP contribution in [0.5, 0.6) is 0 Å². The van der Waals surface area contributed by atoms with E-state index < -0.39 is 21.0 Å². The molecule has 0 saturated carbocycles. The van der Waals surface area contributed by atoms with Gasteiger partial charge in [0.15, 0.2) is 0 Å². The van der Waals surface area contributed by atoms with Gasteiger partial charge in [-0.3, -0.25) is 4.79 Å². The Morgan fingerprint density at radius 1 is 1.30 bits per heavy atom. The zero-order valence-corrected chi connectivity index (χ0v) is 20.4. The van der Waals surface area contributed by atoms with E-state index in [2.05, 4.69) is 16.6 Å². The number of nitro groups is 1. The number of aromatic nitrogens is 2. The molecule has 2 heterocycles. The molecule has 10 nitrogen and oxygen atoms in total. The Balaban J connectivity index is 1.87. The Morgan fingerprint density at radius 3 is 2.61 bits per heavy atom. The number of nitrogens with zero attached hydrogens (tertiary/aromatic N) is 4. The number of hydrogen-bond acceptors (Lipinski definition) is 6. The number of benzene rings is 1. The highest BCUT2D eigenvalue weighted by molar-refractivity contribution is 7.89. The van der Waals surface area contributed by atoms with Crippen LogP contribution < -0.4 is 4.72 Å². The van der Waals surface area contributed by atoms with Crippen LogP contribution in [-0.4, -0.2) is 52.8 Å². The number of piperidine rings is 1. The quantitative estimate of drug-likeness (QED) is 0.441. The molecule has 0 radical (unpaired) electrons. The largest absolute Gasteiger partial charge is 0.434 e. The van der Waals surface area contributed by atoms with E-state index in [1.54, 1.807) is 24.8 Å². The molecule has 1 aromatic carbocycles. The predicted molar refractivity (Wildman–Crippen MR) is 124 cm³/mol. The number of rotatable bonds is 8. The van der Waals surface area contributed by atoms with Crippen molar-refractivity contribution in [2.75, 3.05) is 13.1 Å². The number of hydrogen-bond donors (Lipinski definition) is 1. The molecule has 33 heavy (non-hydrogen) atoms. The van der Waals surface area contributed by atoms with Crippen LogP contribution in [0.3, 0.4) is 0 Å². The summed E-state index contributed by atoms with van der Waals surface area (Å²) < 4.78 is 30.3. The van der Waals surface area contributed by atoms with E-state index in [1.807, 2.05) is 0 Å². The summed E-state index contributed by atoms with van der Waals surface area (Å²) in [5.74, 6) is -0.200. The molecule has 1 unspecified atom stereocenters. The molecule has 180 valence electrons. The Kier molecular flexibility index (Phi) is 7.76. The molecular formula is C21H28ClN5O5S. The summed E-state index contributed by atoms with van der Waals surface area (Å²) in [6.07, 6.45) is 4.45. The van der Waals surface area contributed by atoms with Crippen LogP contribution in [0, 0.1) is 29.9 Å². The molecule has 1 aliphatic heterocycles. The fourth-order valence-electron chi connectivity index (χ4n) is 3.89. The van der Waals surface area contributed by atoms with E-state index in [0.717, 1.165) is 12.8 Å². The van der Waals surface area contributed by atoms with E-state index in [0.29, 0.717) is 35.2 Å². The lowest BCUT2D eigenvalue weighted by Gasteiger charge is -2.33. The molecule has 0 spiro atoms. The zero-order chi connectivity index (χ0) is 24.3. The van der Waals surface area contributed by atoms with Gasteiger partial charge in [0.1, 0.15) is 18.4 Å². The van der Waals surface area contributed by atoms with Gasteiger partial charge >= 0.3 is 5.95 Å². The monoisotopic (exact) mass is 497 g/mol. The van der Waals surface area contributed by atoms with Crippen molar-refractivity contribution < 1.29 is 18.1 Å². The second kappa shape index (κ2) is 10.2. The molecule has 1 atom stereocenters. The maximum absolute atomic E-state index is 13.3. The SMILES string of the molecule is Cc1cc(S(=O)(=O)NC(CCn2ccnc2[N+](=O)[O-])C(=O)N2CCC(C)CC2)c(C)cc1Cl. The van der Waals surface area contributed by atoms with Gasteiger partial charge in [0.2, 0.25) is 15.9 Å². The van der Waals surface area contributed by atoms with Crippen molar-refractivity contribution in [1.82, 2.24) is 19.2 Å². The fourth-order valence-corrected chi connectivity index (χ4v) is 5.65. The van der Waals surface area contributed by atoms with Crippen molar-refractivity contribution in [2.24, 2.45) is 5.92 Å². The summed E-state index contributed by atoms with van der Waals surface area (Å²) in [4.78, 5) is 29.3. The van der Waals surface area contributed by atoms with Crippen LogP contribution in [0.15, 0.2) is 29.4 Å². The van der Waals surface area contributed by atoms with E-state index >= 15 is 0 Å². The highest BCUT2D eigenvalue weighted by Gasteiger charge is 2.32. The number of amides is 1. The molecule has 2 aromatic rings. The van der Waals surface area contributed by atoms with E-state index in [4.69, 9.17) is 11.6 Å². The van der Waals surface area contributed by atoms with Gasteiger partial charge in [-0.15, -0.1) is 0 Å². The molecular weight excluding hydrogens is 470 g/mol. The molecule has 1 saturated heterocycles. The fraction of sp³-hybridized carbons (Fsp3) is 0.524. The van der Waals surface area contributed by atoms with Gasteiger partial charge < -0.3 is 15.0 Å². The summed E-state index contributed by atoms with van der Waals surface area (Å²) in [5.41, 5.74) is 1.06. The van der Waals surface area contributed by atoms with Gasteiger partial charge in [0.05, 0.1) is 11.4 Å². The number of aryl methyl sites for hydroxylation is 3. The number of sulfonamides is 1. The molecule has 1 fully saturated rings. The van der Waals surface area contributed by atoms with Gasteiger partial charge in [-0.1, -0.05) is 23.5 Å². The smallest absolute Gasteiger partial charge is 0.390 e. The Bertz CT molecular complexity index is 1140. The van der Waals surface area contributed by atoms with E-state index in [9.17, 15) is 23.3 Å². The van der Waals surface area contributed by atoms with Gasteiger partial charge in [-0.2, -0.15) is 4.72 Å². The normalized spacial score (nSPS) is 16.1. The van der Waals surface area contributed by atoms with Crippen LogP contribution >= 0.6 is 11.6 Å². The number of halogens is 1. The van der Waals surface area contributed by atoms with Crippen LogP contribution in [0.1, 0.15) is 37.3 Å². The van der Waals surface area contributed by atoms with Crippen LogP contribution in [0.4, 0.5) is 5.95 Å². The lowest BCUT2D eigenvalue weighted by molar-refractivity contribution is -0.396. The summed E-state index contributed by atoms with van der Waals surface area (Å²) in [7, 11) is -4.06. The minimum Gasteiger partial charge on any atom is -0.390 e. The van der Waals surface area contributed by atoms with E-state index in [1.165, 1.54) is 23.0 Å². The first-order valence-electron chi connectivity index (χ1n) is 10.7. The number of imidazole rings is 1. The Labute approximate surface area is 198 Å². The van der Waals surface area contributed by atoms with Gasteiger partial charge in [-0.25, -0.2) is 13.0 Å². The standard InChI is InChI=1S/C21H28ClN5O5S/c1-14-4-8-25(9-5-14)20(28)18(6-10-26-11-7-23-21(26)27(29)30)24-33(31,32)19-13-15(2)17(22)12-16(19)3/h7,11-14,18,24H,4-6,8-10H2,1-3H3. The first kappa shape index (κ1) is 25.1. The van der Waals surface area contributed by atoms with Crippen molar-refractivity contribution >= 4 is 33.5 Å². The molecule has 1 amide bonds. The maximum Gasteiger partial charge on any atom is 0.434 e. The molecule has 3 rings (SSSR count). The van der Waals surface area contributed by atoms with Crippen molar-refractivity contribution in [2.45, 2.75) is 57.5 Å². The topological polar surface area (TPSA) is 127 Å². The molecule has 1 aromatic heterocycles. The minimum absolute atomic E-state index is 0.0347. The van der Waals surface area contributed by atoms with Crippen molar-refractivity contribution in [3.05, 3.63) is 50.8 Å². The van der Waals surface area contributed by atoms with Crippen LogP contribution in [0.25, 0.3) is 0 Å². The second-order valence-electron chi connectivity index (χ2n) is 8.51. The Hall–Kier alpha value is -2.50. The summed E-state index contributed by atoms with van der Waals surface area (Å²) in [6.45, 7) is 6.60. The lowest BCUT2D eigenvalue weighted by atomic mass is 9.98. The highest BCUT2D eigenvalue weighted by atomic mass is 35.5. The first-order valence-corrected chi connectivity index (χ1v) is 12.6. The van der Waals surface area contributed by atoms with Crippen LogP contribution in [-0.2, 0) is 21.4 Å². The second-order valence-corrected chi connectivity index (χ2v) is 10.6. The summed E-state index contributed by atoms with van der Waals surface area (Å²) >= 11 is 6.11. The van der Waals surface area contributed by atoms with Crippen molar-refractivity contribution in [3.8, 4) is 0 Å². The molecule has 0 aliphatic carbocycles. The van der Waals surface area contributed by atoms with E-state index in [-0.39, 0.29) is 29.7 Å². The van der Waals surface area contributed by atoms with Gasteiger partial charge in [0.25, 0.3) is 0 Å². The third-order valence-electron chi connectivity index (χ3n) is 5.95. The molecule has 1 aliphatic rings. The number of nitrogens with one attached hydrogen (secondary N) is 1. The molecule has 12 heteroatoms. The number of carbonyl (C=O) groups excluding carboxylic acids is 1. The highest BCUT2D eigenvalue weighted by Crippen LogP contribution is 2.25. The third kappa shape index (κ3) is 5.90. The molecule has 1 N–H and O–H groups in total. The predicted octanol–water partition coefficient (Wildman–Crippen LogP) is 3.06. The summed E-state index contributed by atoms with van der Waals surface area (Å²) in [6, 6.07) is 1.97. The zero-order valence-electron chi connectivity index (χ0n) is 18.8. The lowest BCUT2D eigenvalue weighted by Crippen LogP contribution is -2.51. The van der Waals surface area contributed by atoms with Crippen molar-refractivity contribution in [1.29, 1.82) is 0 Å².